The Morgan fingerprint density at radius 3 is 2.53 bits per heavy atom. The van der Waals surface area contributed by atoms with Crippen molar-refractivity contribution in [3.05, 3.63) is 53.1 Å². The molecule has 1 aliphatic heterocycles. The van der Waals surface area contributed by atoms with E-state index in [-0.39, 0.29) is 0 Å². The van der Waals surface area contributed by atoms with Crippen molar-refractivity contribution in [3.63, 3.8) is 0 Å². The van der Waals surface area contributed by atoms with Crippen molar-refractivity contribution in [3.8, 4) is 5.75 Å². The maximum absolute atomic E-state index is 12.6. The molecular weight excluding hydrogens is 324 g/mol. The SMILES string of the molecule is COc1ccc2c(c1)Cc1cc(CBr)ccc1[S+]2[O-]. The van der Waals surface area contributed by atoms with Gasteiger partial charge in [-0.1, -0.05) is 22.0 Å². The highest BCUT2D eigenvalue weighted by Crippen LogP contribution is 2.36. The predicted molar refractivity (Wildman–Crippen MR) is 79.5 cm³/mol. The Labute approximate surface area is 124 Å². The first-order valence-corrected chi connectivity index (χ1v) is 8.26. The van der Waals surface area contributed by atoms with Crippen LogP contribution < -0.4 is 4.74 Å². The normalized spacial score (nSPS) is 16.7. The summed E-state index contributed by atoms with van der Waals surface area (Å²) >= 11 is 2.38. The lowest BCUT2D eigenvalue weighted by Gasteiger charge is -2.22. The molecule has 19 heavy (non-hydrogen) atoms. The Hall–Kier alpha value is -0.970. The molecule has 0 amide bonds. The molecule has 1 atom stereocenters. The molecule has 0 fully saturated rings. The van der Waals surface area contributed by atoms with Crippen LogP contribution in [0.4, 0.5) is 0 Å². The number of halogens is 1. The largest absolute Gasteiger partial charge is 0.606 e. The van der Waals surface area contributed by atoms with Crippen LogP contribution in [0.5, 0.6) is 5.75 Å². The molecule has 2 aromatic carbocycles. The summed E-state index contributed by atoms with van der Waals surface area (Å²) < 4.78 is 17.8. The fraction of sp³-hybridized carbons (Fsp3) is 0.200. The summed E-state index contributed by atoms with van der Waals surface area (Å²) in [7, 11) is 1.65. The van der Waals surface area contributed by atoms with Gasteiger partial charge in [0.1, 0.15) is 5.75 Å². The van der Waals surface area contributed by atoms with Gasteiger partial charge in [-0.15, -0.1) is 0 Å². The fourth-order valence-corrected chi connectivity index (χ4v) is 4.07. The predicted octanol–water partition coefficient (Wildman–Crippen LogP) is 3.66. The number of methoxy groups -OCH3 is 1. The average Bonchev–Trinajstić information content (AvgIpc) is 2.46. The van der Waals surface area contributed by atoms with Crippen molar-refractivity contribution in [1.29, 1.82) is 0 Å². The van der Waals surface area contributed by atoms with Crippen LogP contribution in [0.25, 0.3) is 0 Å². The van der Waals surface area contributed by atoms with E-state index in [4.69, 9.17) is 4.74 Å². The van der Waals surface area contributed by atoms with Crippen LogP contribution >= 0.6 is 15.9 Å². The second-order valence-corrected chi connectivity index (χ2v) is 6.47. The summed E-state index contributed by atoms with van der Waals surface area (Å²) in [4.78, 5) is 1.84. The van der Waals surface area contributed by atoms with Crippen LogP contribution in [-0.2, 0) is 22.9 Å². The van der Waals surface area contributed by atoms with Gasteiger partial charge < -0.3 is 9.29 Å². The molecule has 0 aliphatic carbocycles. The molecule has 98 valence electrons. The third-order valence-corrected chi connectivity index (χ3v) is 5.57. The molecule has 2 aromatic rings. The van der Waals surface area contributed by atoms with Gasteiger partial charge in [-0.05, 0) is 35.9 Å². The van der Waals surface area contributed by atoms with Crippen LogP contribution in [-0.4, -0.2) is 11.7 Å². The lowest BCUT2D eigenvalue weighted by atomic mass is 10.0. The van der Waals surface area contributed by atoms with E-state index in [9.17, 15) is 4.55 Å². The molecule has 0 aromatic heterocycles. The van der Waals surface area contributed by atoms with Crippen LogP contribution in [0.1, 0.15) is 16.7 Å². The molecule has 3 rings (SSSR count). The first-order valence-electron chi connectivity index (χ1n) is 5.99. The van der Waals surface area contributed by atoms with Crippen molar-refractivity contribution in [2.45, 2.75) is 21.5 Å². The van der Waals surface area contributed by atoms with E-state index in [1.54, 1.807) is 7.11 Å². The van der Waals surface area contributed by atoms with Gasteiger partial charge in [-0.25, -0.2) is 0 Å². The van der Waals surface area contributed by atoms with Crippen molar-refractivity contribution in [1.82, 2.24) is 0 Å². The van der Waals surface area contributed by atoms with Crippen LogP contribution in [0.3, 0.4) is 0 Å². The summed E-state index contributed by atoms with van der Waals surface area (Å²) in [6.07, 6.45) is 0.814. The molecule has 0 saturated carbocycles. The summed E-state index contributed by atoms with van der Waals surface area (Å²) in [6, 6.07) is 11.9. The second-order valence-electron chi connectivity index (χ2n) is 4.49. The van der Waals surface area contributed by atoms with Gasteiger partial charge in [0.2, 0.25) is 0 Å². The number of alkyl halides is 1. The van der Waals surface area contributed by atoms with Crippen molar-refractivity contribution in [2.75, 3.05) is 7.11 Å². The number of hydrogen-bond donors (Lipinski definition) is 0. The molecule has 1 aliphatic rings. The minimum absolute atomic E-state index is 0.814. The van der Waals surface area contributed by atoms with Gasteiger partial charge in [-0.2, -0.15) is 0 Å². The summed E-state index contributed by atoms with van der Waals surface area (Å²) in [6.45, 7) is 0. The zero-order valence-corrected chi connectivity index (χ0v) is 12.9. The Morgan fingerprint density at radius 1 is 1.16 bits per heavy atom. The van der Waals surface area contributed by atoms with Gasteiger partial charge in [0.25, 0.3) is 0 Å². The smallest absolute Gasteiger partial charge is 0.162 e. The number of ether oxygens (including phenoxy) is 1. The van der Waals surface area contributed by atoms with E-state index in [0.717, 1.165) is 38.4 Å². The van der Waals surface area contributed by atoms with Crippen LogP contribution in [0.2, 0.25) is 0 Å². The number of fused-ring (bicyclic) bond motifs is 2. The standard InChI is InChI=1S/C15H13BrO2S/c1-18-13-3-5-15-12(8-13)7-11-6-10(9-16)2-4-14(11)19(15)17/h2-6,8H,7,9H2,1H3. The van der Waals surface area contributed by atoms with E-state index in [0.29, 0.717) is 0 Å². The Morgan fingerprint density at radius 2 is 1.84 bits per heavy atom. The monoisotopic (exact) mass is 336 g/mol. The molecular formula is C15H13BrO2S. The Kier molecular flexibility index (Phi) is 3.56. The van der Waals surface area contributed by atoms with Gasteiger partial charge in [-0.3, -0.25) is 0 Å². The van der Waals surface area contributed by atoms with Crippen molar-refractivity contribution in [2.24, 2.45) is 0 Å². The third-order valence-electron chi connectivity index (χ3n) is 3.33. The third kappa shape index (κ3) is 2.29. The van der Waals surface area contributed by atoms with Gasteiger partial charge >= 0.3 is 0 Å². The first-order chi connectivity index (χ1) is 9.22. The van der Waals surface area contributed by atoms with Gasteiger partial charge in [0.05, 0.1) is 7.11 Å². The van der Waals surface area contributed by atoms with Crippen molar-refractivity contribution >= 4 is 27.1 Å². The van der Waals surface area contributed by atoms with E-state index < -0.39 is 11.2 Å². The van der Waals surface area contributed by atoms with Gasteiger partial charge in [0, 0.05) is 34.1 Å². The molecule has 1 heterocycles. The second kappa shape index (κ2) is 5.19. The maximum Gasteiger partial charge on any atom is 0.162 e. The molecule has 0 radical (unpaired) electrons. The van der Waals surface area contributed by atoms with E-state index in [1.807, 2.05) is 30.3 Å². The zero-order valence-electron chi connectivity index (χ0n) is 10.5. The number of benzene rings is 2. The highest BCUT2D eigenvalue weighted by Gasteiger charge is 2.28. The fourth-order valence-electron chi connectivity index (χ4n) is 2.36. The molecule has 0 spiro atoms. The quantitative estimate of drug-likeness (QED) is 0.619. The Bertz CT molecular complexity index is 574. The average molecular weight is 337 g/mol. The molecule has 0 bridgehead atoms. The van der Waals surface area contributed by atoms with Crippen LogP contribution in [0.15, 0.2) is 46.2 Å². The lowest BCUT2D eigenvalue weighted by molar-refractivity contribution is 0.414. The summed E-state index contributed by atoms with van der Waals surface area (Å²) in [5, 5.41) is 0.817. The molecule has 4 heteroatoms. The van der Waals surface area contributed by atoms with E-state index >= 15 is 0 Å². The van der Waals surface area contributed by atoms with Gasteiger partial charge in [0.15, 0.2) is 9.79 Å². The van der Waals surface area contributed by atoms with Crippen LogP contribution in [0, 0.1) is 0 Å². The zero-order chi connectivity index (χ0) is 13.4. The molecule has 2 nitrogen and oxygen atoms in total. The first kappa shape index (κ1) is 13.0. The summed E-state index contributed by atoms with van der Waals surface area (Å²) in [5.41, 5.74) is 3.45. The minimum Gasteiger partial charge on any atom is -0.606 e. The molecule has 0 saturated heterocycles. The van der Waals surface area contributed by atoms with E-state index in [2.05, 4.69) is 22.0 Å². The topological polar surface area (TPSA) is 32.3 Å². The number of hydrogen-bond acceptors (Lipinski definition) is 2. The number of rotatable bonds is 2. The Balaban J connectivity index is 2.08. The lowest BCUT2D eigenvalue weighted by Crippen LogP contribution is -2.15. The van der Waals surface area contributed by atoms with E-state index in [1.165, 1.54) is 5.56 Å². The highest BCUT2D eigenvalue weighted by molar-refractivity contribution is 9.08. The highest BCUT2D eigenvalue weighted by atomic mass is 79.9. The summed E-state index contributed by atoms with van der Waals surface area (Å²) in [5.74, 6) is 0.816. The minimum atomic E-state index is -1.08. The maximum atomic E-state index is 12.6. The molecule has 0 N–H and O–H groups in total. The van der Waals surface area contributed by atoms with Crippen molar-refractivity contribution < 1.29 is 9.29 Å². The molecule has 1 unspecified atom stereocenters.